The van der Waals surface area contributed by atoms with E-state index < -0.39 is 6.10 Å². The summed E-state index contributed by atoms with van der Waals surface area (Å²) in [6, 6.07) is 12.6. The Morgan fingerprint density at radius 1 is 1.19 bits per heavy atom. The third-order valence-electron chi connectivity index (χ3n) is 4.41. The van der Waals surface area contributed by atoms with E-state index in [9.17, 15) is 14.0 Å². The van der Waals surface area contributed by atoms with E-state index in [1.165, 1.54) is 37.1 Å². The van der Waals surface area contributed by atoms with Crippen LogP contribution in [-0.4, -0.2) is 24.5 Å². The first-order valence-electron chi connectivity index (χ1n) is 9.06. The maximum atomic E-state index is 13.0. The van der Waals surface area contributed by atoms with Crippen molar-refractivity contribution in [3.8, 4) is 0 Å². The molecule has 0 saturated heterocycles. The Kier molecular flexibility index (Phi) is 6.19. The molecule has 1 saturated carbocycles. The normalized spacial score (nSPS) is 14.4. The molecule has 2 aromatic rings. The van der Waals surface area contributed by atoms with Gasteiger partial charge in [-0.1, -0.05) is 12.1 Å². The van der Waals surface area contributed by atoms with E-state index in [4.69, 9.17) is 4.74 Å². The van der Waals surface area contributed by atoms with Crippen molar-refractivity contribution in [2.24, 2.45) is 5.92 Å². The van der Waals surface area contributed by atoms with Crippen molar-refractivity contribution in [2.45, 2.75) is 32.4 Å². The number of ether oxygens (including phenoxy) is 1. The van der Waals surface area contributed by atoms with Gasteiger partial charge in [0, 0.05) is 17.8 Å². The minimum atomic E-state index is -0.480. The standard InChI is InChI=1S/C21H23FN2O3/c1-14(27-13-15-5-6-15)20(25)23-12-16-3-2-4-19(11-16)24-21(26)17-7-9-18(22)10-8-17/h2-4,7-11,14-15H,5-6,12-13H2,1H3,(H,23,25)(H,24,26). The minimum Gasteiger partial charge on any atom is -0.368 e. The number of hydrogen-bond donors (Lipinski definition) is 2. The maximum Gasteiger partial charge on any atom is 0.255 e. The number of anilines is 1. The Morgan fingerprint density at radius 2 is 1.93 bits per heavy atom. The first-order chi connectivity index (χ1) is 13.0. The second kappa shape index (κ2) is 8.77. The molecule has 2 N–H and O–H groups in total. The van der Waals surface area contributed by atoms with Gasteiger partial charge in [0.1, 0.15) is 11.9 Å². The molecule has 1 unspecified atom stereocenters. The van der Waals surface area contributed by atoms with Crippen LogP contribution in [-0.2, 0) is 16.1 Å². The summed E-state index contributed by atoms with van der Waals surface area (Å²) in [5.41, 5.74) is 1.83. The molecule has 2 aromatic carbocycles. The summed E-state index contributed by atoms with van der Waals surface area (Å²) in [6.07, 6.45) is 1.89. The molecular formula is C21H23FN2O3. The molecule has 0 aliphatic heterocycles. The van der Waals surface area contributed by atoms with Gasteiger partial charge in [-0.25, -0.2) is 4.39 Å². The molecule has 0 radical (unpaired) electrons. The fraction of sp³-hybridized carbons (Fsp3) is 0.333. The Morgan fingerprint density at radius 3 is 2.63 bits per heavy atom. The number of hydrogen-bond acceptors (Lipinski definition) is 3. The molecule has 0 spiro atoms. The summed E-state index contributed by atoms with van der Waals surface area (Å²) < 4.78 is 18.5. The molecule has 5 nitrogen and oxygen atoms in total. The molecule has 0 heterocycles. The second-order valence-corrected chi connectivity index (χ2v) is 6.80. The van der Waals surface area contributed by atoms with Gasteiger partial charge in [0.2, 0.25) is 5.91 Å². The SMILES string of the molecule is CC(OCC1CC1)C(=O)NCc1cccc(NC(=O)c2ccc(F)cc2)c1. The Bertz CT molecular complexity index is 803. The van der Waals surface area contributed by atoms with Crippen LogP contribution < -0.4 is 10.6 Å². The van der Waals surface area contributed by atoms with Gasteiger partial charge < -0.3 is 15.4 Å². The highest BCUT2D eigenvalue weighted by molar-refractivity contribution is 6.04. The number of benzene rings is 2. The minimum absolute atomic E-state index is 0.156. The number of halogens is 1. The van der Waals surface area contributed by atoms with Crippen LogP contribution in [0.4, 0.5) is 10.1 Å². The number of nitrogens with one attached hydrogen (secondary N) is 2. The molecule has 1 atom stereocenters. The predicted molar refractivity (Wildman–Crippen MR) is 101 cm³/mol. The molecule has 1 aliphatic carbocycles. The number of amides is 2. The maximum absolute atomic E-state index is 13.0. The lowest BCUT2D eigenvalue weighted by Gasteiger charge is -2.13. The lowest BCUT2D eigenvalue weighted by molar-refractivity contribution is -0.132. The highest BCUT2D eigenvalue weighted by Crippen LogP contribution is 2.29. The third kappa shape index (κ3) is 5.89. The van der Waals surface area contributed by atoms with E-state index in [-0.39, 0.29) is 17.6 Å². The summed E-state index contributed by atoms with van der Waals surface area (Å²) in [5, 5.41) is 5.61. The van der Waals surface area contributed by atoms with Crippen LogP contribution >= 0.6 is 0 Å². The van der Waals surface area contributed by atoms with Crippen molar-refractivity contribution in [3.63, 3.8) is 0 Å². The van der Waals surface area contributed by atoms with Crippen molar-refractivity contribution in [1.29, 1.82) is 0 Å². The topological polar surface area (TPSA) is 67.4 Å². The molecule has 27 heavy (non-hydrogen) atoms. The molecule has 3 rings (SSSR count). The average molecular weight is 370 g/mol. The smallest absolute Gasteiger partial charge is 0.255 e. The summed E-state index contributed by atoms with van der Waals surface area (Å²) in [5.74, 6) is -0.254. The average Bonchev–Trinajstić information content (AvgIpc) is 3.49. The molecule has 2 amide bonds. The molecule has 0 aromatic heterocycles. The fourth-order valence-electron chi connectivity index (χ4n) is 2.54. The van der Waals surface area contributed by atoms with Gasteiger partial charge in [-0.3, -0.25) is 9.59 Å². The quantitative estimate of drug-likeness (QED) is 0.747. The van der Waals surface area contributed by atoms with Crippen LogP contribution in [0.2, 0.25) is 0 Å². The molecule has 6 heteroatoms. The summed E-state index contributed by atoms with van der Waals surface area (Å²) in [4.78, 5) is 24.3. The number of carbonyl (C=O) groups is 2. The highest BCUT2D eigenvalue weighted by atomic mass is 19.1. The Labute approximate surface area is 157 Å². The van der Waals surface area contributed by atoms with Crippen molar-refractivity contribution in [2.75, 3.05) is 11.9 Å². The van der Waals surface area contributed by atoms with Gasteiger partial charge in [0.05, 0.1) is 6.61 Å². The predicted octanol–water partition coefficient (Wildman–Crippen LogP) is 3.51. The molecule has 0 bridgehead atoms. The van der Waals surface area contributed by atoms with E-state index >= 15 is 0 Å². The van der Waals surface area contributed by atoms with Crippen molar-refractivity contribution < 1.29 is 18.7 Å². The van der Waals surface area contributed by atoms with E-state index in [1.807, 2.05) is 6.07 Å². The summed E-state index contributed by atoms with van der Waals surface area (Å²) in [7, 11) is 0. The molecular weight excluding hydrogens is 347 g/mol. The zero-order chi connectivity index (χ0) is 19.2. The van der Waals surface area contributed by atoms with Crippen LogP contribution in [0.1, 0.15) is 35.7 Å². The van der Waals surface area contributed by atoms with Crippen molar-refractivity contribution in [1.82, 2.24) is 5.32 Å². The molecule has 142 valence electrons. The van der Waals surface area contributed by atoms with E-state index in [0.29, 0.717) is 30.3 Å². The van der Waals surface area contributed by atoms with Gasteiger partial charge in [0.25, 0.3) is 5.91 Å². The van der Waals surface area contributed by atoms with Crippen LogP contribution in [0.25, 0.3) is 0 Å². The monoisotopic (exact) mass is 370 g/mol. The first kappa shape index (κ1) is 19.0. The van der Waals surface area contributed by atoms with Gasteiger partial charge >= 0.3 is 0 Å². The second-order valence-electron chi connectivity index (χ2n) is 6.80. The fourth-order valence-corrected chi connectivity index (χ4v) is 2.54. The summed E-state index contributed by atoms with van der Waals surface area (Å²) in [6.45, 7) is 2.73. The third-order valence-corrected chi connectivity index (χ3v) is 4.41. The van der Waals surface area contributed by atoms with Crippen molar-refractivity contribution >= 4 is 17.5 Å². The van der Waals surface area contributed by atoms with E-state index in [1.54, 1.807) is 25.1 Å². The van der Waals surface area contributed by atoms with Gasteiger partial charge in [-0.15, -0.1) is 0 Å². The molecule has 1 fully saturated rings. The summed E-state index contributed by atoms with van der Waals surface area (Å²) >= 11 is 0. The van der Waals surface area contributed by atoms with Gasteiger partial charge in [0.15, 0.2) is 0 Å². The Balaban J connectivity index is 1.51. The van der Waals surface area contributed by atoms with E-state index in [0.717, 1.165) is 5.56 Å². The molecule has 1 aliphatic rings. The Hall–Kier alpha value is -2.73. The largest absolute Gasteiger partial charge is 0.368 e. The highest BCUT2D eigenvalue weighted by Gasteiger charge is 2.23. The van der Waals surface area contributed by atoms with Gasteiger partial charge in [-0.05, 0) is 67.6 Å². The zero-order valence-corrected chi connectivity index (χ0v) is 15.2. The van der Waals surface area contributed by atoms with Gasteiger partial charge in [-0.2, -0.15) is 0 Å². The lowest BCUT2D eigenvalue weighted by Crippen LogP contribution is -2.34. The first-order valence-corrected chi connectivity index (χ1v) is 9.06. The van der Waals surface area contributed by atoms with Crippen molar-refractivity contribution in [3.05, 3.63) is 65.5 Å². The van der Waals surface area contributed by atoms with Crippen LogP contribution in [0.5, 0.6) is 0 Å². The van der Waals surface area contributed by atoms with Crippen LogP contribution in [0.15, 0.2) is 48.5 Å². The number of carbonyl (C=O) groups excluding carboxylic acids is 2. The van der Waals surface area contributed by atoms with Crippen LogP contribution in [0, 0.1) is 11.7 Å². The number of rotatable bonds is 8. The van der Waals surface area contributed by atoms with Crippen LogP contribution in [0.3, 0.4) is 0 Å². The van der Waals surface area contributed by atoms with E-state index in [2.05, 4.69) is 10.6 Å². The lowest BCUT2D eigenvalue weighted by atomic mass is 10.1. The zero-order valence-electron chi connectivity index (χ0n) is 15.2.